The van der Waals surface area contributed by atoms with Crippen molar-refractivity contribution in [2.75, 3.05) is 40.0 Å². The molecule has 0 aliphatic carbocycles. The van der Waals surface area contributed by atoms with Crippen LogP contribution >= 0.6 is 0 Å². The number of nitrogens with two attached hydrogens (primary N) is 1. The van der Waals surface area contributed by atoms with Crippen LogP contribution in [0, 0.1) is 5.92 Å². The van der Waals surface area contributed by atoms with Crippen molar-refractivity contribution in [2.24, 2.45) is 11.7 Å². The van der Waals surface area contributed by atoms with Crippen LogP contribution in [0.5, 0.6) is 0 Å². The van der Waals surface area contributed by atoms with Crippen molar-refractivity contribution in [1.29, 1.82) is 0 Å². The number of unbranched alkanes of at least 4 members (excludes halogenated alkanes) is 1. The van der Waals surface area contributed by atoms with Crippen LogP contribution in [0.15, 0.2) is 0 Å². The number of methoxy groups -OCH3 is 1. The Morgan fingerprint density at radius 1 is 1.28 bits per heavy atom. The predicted molar refractivity (Wildman–Crippen MR) is 72.4 cm³/mol. The number of ether oxygens (including phenoxy) is 2. The molecule has 108 valence electrons. The molecule has 0 aliphatic rings. The number of hydrogen-bond donors (Lipinski definition) is 2. The maximum absolute atomic E-state index is 11.7. The summed E-state index contributed by atoms with van der Waals surface area (Å²) < 4.78 is 10.2. The van der Waals surface area contributed by atoms with Crippen LogP contribution in [0.25, 0.3) is 0 Å². The largest absolute Gasteiger partial charge is 0.382 e. The molecular weight excluding hydrogens is 232 g/mol. The topological polar surface area (TPSA) is 73.6 Å². The molecule has 0 aromatic carbocycles. The molecule has 5 heteroatoms. The van der Waals surface area contributed by atoms with Gasteiger partial charge in [-0.3, -0.25) is 4.79 Å². The summed E-state index contributed by atoms with van der Waals surface area (Å²) in [5, 5.41) is 2.92. The van der Waals surface area contributed by atoms with Crippen LogP contribution in [0.3, 0.4) is 0 Å². The van der Waals surface area contributed by atoms with Crippen molar-refractivity contribution >= 4 is 5.91 Å². The lowest BCUT2D eigenvalue weighted by Crippen LogP contribution is -2.35. The third-order valence-corrected chi connectivity index (χ3v) is 2.74. The average molecular weight is 260 g/mol. The van der Waals surface area contributed by atoms with Gasteiger partial charge in [-0.1, -0.05) is 13.3 Å². The van der Waals surface area contributed by atoms with Crippen molar-refractivity contribution in [3.8, 4) is 0 Å². The first-order chi connectivity index (χ1) is 8.76. The van der Waals surface area contributed by atoms with Gasteiger partial charge in [0.25, 0.3) is 0 Å². The third-order valence-electron chi connectivity index (χ3n) is 2.74. The Labute approximate surface area is 110 Å². The molecule has 0 rings (SSSR count). The summed E-state index contributed by atoms with van der Waals surface area (Å²) in [5.41, 5.74) is 5.57. The number of carbonyl (C=O) groups is 1. The van der Waals surface area contributed by atoms with E-state index in [0.717, 1.165) is 25.7 Å². The lowest BCUT2D eigenvalue weighted by Gasteiger charge is -2.13. The van der Waals surface area contributed by atoms with E-state index in [0.29, 0.717) is 32.9 Å². The normalized spacial score (nSPS) is 12.4. The SMILES string of the molecule is CCCC(CN)C(=O)NCCCCOCCOC. The minimum Gasteiger partial charge on any atom is -0.382 e. The zero-order valence-electron chi connectivity index (χ0n) is 11.7. The van der Waals surface area contributed by atoms with E-state index in [2.05, 4.69) is 12.2 Å². The minimum absolute atomic E-state index is 0.0343. The van der Waals surface area contributed by atoms with E-state index in [1.165, 1.54) is 0 Å². The Balaban J connectivity index is 3.39. The second-order valence-corrected chi connectivity index (χ2v) is 4.32. The molecule has 1 unspecified atom stereocenters. The van der Waals surface area contributed by atoms with E-state index < -0.39 is 0 Å². The van der Waals surface area contributed by atoms with Crippen molar-refractivity contribution < 1.29 is 14.3 Å². The van der Waals surface area contributed by atoms with Gasteiger partial charge >= 0.3 is 0 Å². The van der Waals surface area contributed by atoms with Crippen LogP contribution < -0.4 is 11.1 Å². The highest BCUT2D eigenvalue weighted by Gasteiger charge is 2.14. The first-order valence-electron chi connectivity index (χ1n) is 6.80. The van der Waals surface area contributed by atoms with Crippen molar-refractivity contribution in [2.45, 2.75) is 32.6 Å². The van der Waals surface area contributed by atoms with Gasteiger partial charge in [0.1, 0.15) is 0 Å². The fraction of sp³-hybridized carbons (Fsp3) is 0.923. The molecule has 1 atom stereocenters. The Morgan fingerprint density at radius 2 is 2.06 bits per heavy atom. The van der Waals surface area contributed by atoms with E-state index in [9.17, 15) is 4.79 Å². The third kappa shape index (κ3) is 9.39. The molecule has 0 fully saturated rings. The van der Waals surface area contributed by atoms with Gasteiger partial charge in [-0.2, -0.15) is 0 Å². The van der Waals surface area contributed by atoms with E-state index in [-0.39, 0.29) is 11.8 Å². The molecule has 18 heavy (non-hydrogen) atoms. The summed E-state index contributed by atoms with van der Waals surface area (Å²) >= 11 is 0. The maximum atomic E-state index is 11.7. The lowest BCUT2D eigenvalue weighted by atomic mass is 10.0. The van der Waals surface area contributed by atoms with Gasteiger partial charge in [0.05, 0.1) is 19.1 Å². The van der Waals surface area contributed by atoms with Gasteiger partial charge in [0, 0.05) is 26.8 Å². The molecule has 0 aromatic heterocycles. The fourth-order valence-corrected chi connectivity index (χ4v) is 1.63. The molecule has 3 N–H and O–H groups in total. The summed E-state index contributed by atoms with van der Waals surface area (Å²) in [6, 6.07) is 0. The fourth-order valence-electron chi connectivity index (χ4n) is 1.63. The summed E-state index contributed by atoms with van der Waals surface area (Å²) in [7, 11) is 1.66. The summed E-state index contributed by atoms with van der Waals surface area (Å²) in [4.78, 5) is 11.7. The Kier molecular flexibility index (Phi) is 12.3. The molecule has 0 saturated heterocycles. The van der Waals surface area contributed by atoms with Gasteiger partial charge in [-0.25, -0.2) is 0 Å². The molecule has 0 aromatic rings. The summed E-state index contributed by atoms with van der Waals surface area (Å²) in [6.07, 6.45) is 3.73. The molecule has 0 aliphatic heterocycles. The Morgan fingerprint density at radius 3 is 2.67 bits per heavy atom. The predicted octanol–water partition coefficient (Wildman–Crippen LogP) is 0.921. The molecule has 0 bridgehead atoms. The van der Waals surface area contributed by atoms with Gasteiger partial charge in [-0.05, 0) is 19.3 Å². The van der Waals surface area contributed by atoms with Crippen molar-refractivity contribution in [3.05, 3.63) is 0 Å². The standard InChI is InChI=1S/C13H28N2O3/c1-3-6-12(11-14)13(16)15-7-4-5-8-18-10-9-17-2/h12H,3-11,14H2,1-2H3,(H,15,16). The zero-order valence-corrected chi connectivity index (χ0v) is 11.7. The van der Waals surface area contributed by atoms with Gasteiger partial charge in [0.2, 0.25) is 5.91 Å². The number of carbonyl (C=O) groups excluding carboxylic acids is 1. The quantitative estimate of drug-likeness (QED) is 0.512. The molecule has 1 amide bonds. The highest BCUT2D eigenvalue weighted by Crippen LogP contribution is 2.04. The zero-order chi connectivity index (χ0) is 13.6. The highest BCUT2D eigenvalue weighted by atomic mass is 16.5. The Bertz CT molecular complexity index is 201. The maximum Gasteiger partial charge on any atom is 0.224 e. The van der Waals surface area contributed by atoms with Crippen LogP contribution in [-0.4, -0.2) is 45.9 Å². The van der Waals surface area contributed by atoms with Gasteiger partial charge < -0.3 is 20.5 Å². The monoisotopic (exact) mass is 260 g/mol. The molecule has 0 spiro atoms. The molecular formula is C13H28N2O3. The summed E-state index contributed by atoms with van der Waals surface area (Å²) in [6.45, 7) is 5.18. The molecule has 5 nitrogen and oxygen atoms in total. The van der Waals surface area contributed by atoms with Crippen LogP contribution in [0.1, 0.15) is 32.6 Å². The van der Waals surface area contributed by atoms with Gasteiger partial charge in [0.15, 0.2) is 0 Å². The van der Waals surface area contributed by atoms with Gasteiger partial charge in [-0.15, -0.1) is 0 Å². The van der Waals surface area contributed by atoms with Crippen LogP contribution in [0.4, 0.5) is 0 Å². The first-order valence-corrected chi connectivity index (χ1v) is 6.80. The van der Waals surface area contributed by atoms with Crippen molar-refractivity contribution in [1.82, 2.24) is 5.32 Å². The molecule has 0 radical (unpaired) electrons. The van der Waals surface area contributed by atoms with Crippen LogP contribution in [-0.2, 0) is 14.3 Å². The Hall–Kier alpha value is -0.650. The summed E-state index contributed by atoms with van der Waals surface area (Å²) in [5.74, 6) is 0.0487. The second kappa shape index (κ2) is 12.8. The number of hydrogen-bond acceptors (Lipinski definition) is 4. The van der Waals surface area contributed by atoms with Crippen LogP contribution in [0.2, 0.25) is 0 Å². The highest BCUT2D eigenvalue weighted by molar-refractivity contribution is 5.78. The average Bonchev–Trinajstić information content (AvgIpc) is 2.38. The van der Waals surface area contributed by atoms with E-state index >= 15 is 0 Å². The number of nitrogens with one attached hydrogen (secondary N) is 1. The smallest absolute Gasteiger partial charge is 0.224 e. The number of rotatable bonds is 12. The first kappa shape index (κ1) is 17.4. The van der Waals surface area contributed by atoms with Crippen molar-refractivity contribution in [3.63, 3.8) is 0 Å². The lowest BCUT2D eigenvalue weighted by molar-refractivity contribution is -0.124. The molecule has 0 heterocycles. The van der Waals surface area contributed by atoms with E-state index in [1.807, 2.05) is 0 Å². The molecule has 0 saturated carbocycles. The minimum atomic E-state index is -0.0343. The van der Waals surface area contributed by atoms with E-state index in [4.69, 9.17) is 15.2 Å². The second-order valence-electron chi connectivity index (χ2n) is 4.32. The number of amides is 1. The van der Waals surface area contributed by atoms with E-state index in [1.54, 1.807) is 7.11 Å².